The van der Waals surface area contributed by atoms with E-state index in [-0.39, 0.29) is 33.5 Å². The van der Waals surface area contributed by atoms with Gasteiger partial charge in [0.05, 0.1) is 10.8 Å². The maximum Gasteiger partial charge on any atom is 0.273 e. The normalized spacial score (nSPS) is 16.6. The Hall–Kier alpha value is -2.15. The molecular formula is C13H16N4O3. The lowest BCUT2D eigenvalue weighted by atomic mass is 10.1. The van der Waals surface area contributed by atoms with Crippen molar-refractivity contribution in [1.29, 1.82) is 0 Å². The molecule has 0 amide bonds. The molecule has 0 aromatic carbocycles. The van der Waals surface area contributed by atoms with Crippen LogP contribution >= 0.6 is 0 Å². The standard InChI is InChI=1S/C13H16N4O3/c1-16-13(20)9-6-11(18)17(7-10(9)12(19)15-16)8-2-4-14-5-3-8/h6-8,14H,2-5H2,1H3,(H,15,19). The second-order valence-corrected chi connectivity index (χ2v) is 5.13. The highest BCUT2D eigenvalue weighted by molar-refractivity contribution is 5.79. The third kappa shape index (κ3) is 2.00. The Morgan fingerprint density at radius 2 is 1.85 bits per heavy atom. The van der Waals surface area contributed by atoms with Gasteiger partial charge in [0, 0.05) is 25.4 Å². The van der Waals surface area contributed by atoms with Crippen LogP contribution in [0.1, 0.15) is 18.9 Å². The first-order valence-corrected chi connectivity index (χ1v) is 6.64. The van der Waals surface area contributed by atoms with E-state index in [2.05, 4.69) is 10.4 Å². The second-order valence-electron chi connectivity index (χ2n) is 5.13. The lowest BCUT2D eigenvalue weighted by molar-refractivity contribution is 0.361. The van der Waals surface area contributed by atoms with Crippen molar-refractivity contribution < 1.29 is 0 Å². The Morgan fingerprint density at radius 3 is 2.55 bits per heavy atom. The van der Waals surface area contributed by atoms with Crippen molar-refractivity contribution in [1.82, 2.24) is 19.7 Å². The Labute approximate surface area is 113 Å². The van der Waals surface area contributed by atoms with Gasteiger partial charge in [0.15, 0.2) is 0 Å². The predicted octanol–water partition coefficient (Wildman–Crippen LogP) is -0.687. The highest BCUT2D eigenvalue weighted by atomic mass is 16.2. The van der Waals surface area contributed by atoms with Crippen LogP contribution in [0.3, 0.4) is 0 Å². The smallest absolute Gasteiger partial charge is 0.273 e. The molecule has 7 heteroatoms. The molecule has 2 aromatic heterocycles. The molecule has 7 nitrogen and oxygen atoms in total. The zero-order valence-electron chi connectivity index (χ0n) is 11.2. The number of aryl methyl sites for hydroxylation is 1. The highest BCUT2D eigenvalue weighted by Gasteiger charge is 2.17. The molecule has 1 aliphatic rings. The molecule has 1 aliphatic heterocycles. The van der Waals surface area contributed by atoms with Crippen LogP contribution in [0.15, 0.2) is 26.6 Å². The van der Waals surface area contributed by atoms with Crippen molar-refractivity contribution in [3.05, 3.63) is 43.3 Å². The van der Waals surface area contributed by atoms with E-state index >= 15 is 0 Å². The molecule has 20 heavy (non-hydrogen) atoms. The van der Waals surface area contributed by atoms with Gasteiger partial charge in [-0.15, -0.1) is 0 Å². The molecule has 0 radical (unpaired) electrons. The minimum atomic E-state index is -0.367. The number of aromatic amines is 1. The van der Waals surface area contributed by atoms with Gasteiger partial charge in [0.1, 0.15) is 0 Å². The molecule has 0 atom stereocenters. The summed E-state index contributed by atoms with van der Waals surface area (Å²) in [5, 5.41) is 6.13. The van der Waals surface area contributed by atoms with Gasteiger partial charge in [-0.2, -0.15) is 0 Å². The Kier molecular flexibility index (Phi) is 3.06. The summed E-state index contributed by atoms with van der Waals surface area (Å²) in [6.45, 7) is 1.70. The summed E-state index contributed by atoms with van der Waals surface area (Å²) in [4.78, 5) is 36.1. The molecule has 3 heterocycles. The number of hydrogen-bond acceptors (Lipinski definition) is 4. The van der Waals surface area contributed by atoms with Gasteiger partial charge in [0.2, 0.25) is 0 Å². The number of aromatic nitrogens is 3. The summed E-state index contributed by atoms with van der Waals surface area (Å²) < 4.78 is 2.68. The van der Waals surface area contributed by atoms with E-state index < -0.39 is 0 Å². The third-order valence-corrected chi connectivity index (χ3v) is 3.83. The van der Waals surface area contributed by atoms with Crippen LogP contribution in [0.5, 0.6) is 0 Å². The van der Waals surface area contributed by atoms with Crippen molar-refractivity contribution in [3.8, 4) is 0 Å². The predicted molar refractivity (Wildman–Crippen MR) is 75.2 cm³/mol. The van der Waals surface area contributed by atoms with Gasteiger partial charge in [0.25, 0.3) is 16.7 Å². The van der Waals surface area contributed by atoms with Crippen LogP contribution in [0, 0.1) is 0 Å². The van der Waals surface area contributed by atoms with Crippen molar-refractivity contribution in [2.75, 3.05) is 13.1 Å². The van der Waals surface area contributed by atoms with E-state index in [9.17, 15) is 14.4 Å². The summed E-state index contributed by atoms with van der Waals surface area (Å²) >= 11 is 0. The first-order chi connectivity index (χ1) is 9.58. The second kappa shape index (κ2) is 4.75. The number of nitrogens with zero attached hydrogens (tertiary/aromatic N) is 2. The van der Waals surface area contributed by atoms with Gasteiger partial charge in [-0.3, -0.25) is 24.2 Å². The molecule has 2 N–H and O–H groups in total. The Balaban J connectivity index is 2.26. The summed E-state index contributed by atoms with van der Waals surface area (Å²) in [6.07, 6.45) is 3.20. The van der Waals surface area contributed by atoms with Crippen LogP contribution in [-0.2, 0) is 7.05 Å². The van der Waals surface area contributed by atoms with E-state index in [1.165, 1.54) is 19.3 Å². The van der Waals surface area contributed by atoms with Gasteiger partial charge >= 0.3 is 0 Å². The fourth-order valence-corrected chi connectivity index (χ4v) is 2.72. The fourth-order valence-electron chi connectivity index (χ4n) is 2.72. The van der Waals surface area contributed by atoms with Gasteiger partial charge in [-0.1, -0.05) is 0 Å². The van der Waals surface area contributed by atoms with E-state index in [4.69, 9.17) is 0 Å². The minimum absolute atomic E-state index is 0.0802. The van der Waals surface area contributed by atoms with Crippen LogP contribution in [0.25, 0.3) is 10.8 Å². The SMILES string of the molecule is Cn1[nH]c(=O)c2cn(C3CCNCC3)c(=O)cc2c1=O. The molecule has 0 bridgehead atoms. The summed E-state index contributed by atoms with van der Waals surface area (Å²) in [5.74, 6) is 0. The average Bonchev–Trinajstić information content (AvgIpc) is 2.45. The summed E-state index contributed by atoms with van der Waals surface area (Å²) in [7, 11) is 1.46. The molecule has 106 valence electrons. The van der Waals surface area contributed by atoms with Gasteiger partial charge < -0.3 is 9.88 Å². The lowest BCUT2D eigenvalue weighted by Gasteiger charge is -2.24. The van der Waals surface area contributed by atoms with Crippen LogP contribution < -0.4 is 22.0 Å². The molecule has 3 rings (SSSR count). The van der Waals surface area contributed by atoms with Gasteiger partial charge in [-0.05, 0) is 25.9 Å². The molecule has 2 aromatic rings. The van der Waals surface area contributed by atoms with Crippen molar-refractivity contribution in [2.45, 2.75) is 18.9 Å². The number of nitrogens with one attached hydrogen (secondary N) is 2. The first-order valence-electron chi connectivity index (χ1n) is 6.64. The van der Waals surface area contributed by atoms with Crippen molar-refractivity contribution in [3.63, 3.8) is 0 Å². The molecule has 0 unspecified atom stereocenters. The number of H-pyrrole nitrogens is 1. The topological polar surface area (TPSA) is 88.9 Å². The monoisotopic (exact) mass is 276 g/mol. The quantitative estimate of drug-likeness (QED) is 0.722. The minimum Gasteiger partial charge on any atom is -0.317 e. The first kappa shape index (κ1) is 12.9. The van der Waals surface area contributed by atoms with Crippen LogP contribution in [0.2, 0.25) is 0 Å². The van der Waals surface area contributed by atoms with Gasteiger partial charge in [-0.25, -0.2) is 0 Å². The largest absolute Gasteiger partial charge is 0.317 e. The summed E-state index contributed by atoms with van der Waals surface area (Å²) in [6, 6.07) is 1.35. The maximum atomic E-state index is 12.2. The zero-order valence-corrected chi connectivity index (χ0v) is 11.2. The number of hydrogen-bond donors (Lipinski definition) is 2. The number of pyridine rings is 1. The molecule has 1 saturated heterocycles. The van der Waals surface area contributed by atoms with Crippen LogP contribution in [-0.4, -0.2) is 27.4 Å². The van der Waals surface area contributed by atoms with E-state index in [1.807, 2.05) is 0 Å². The third-order valence-electron chi connectivity index (χ3n) is 3.83. The molecule has 1 fully saturated rings. The molecule has 0 saturated carbocycles. The van der Waals surface area contributed by atoms with Crippen molar-refractivity contribution in [2.24, 2.45) is 7.05 Å². The molecular weight excluding hydrogens is 260 g/mol. The van der Waals surface area contributed by atoms with E-state index in [0.29, 0.717) is 0 Å². The van der Waals surface area contributed by atoms with E-state index in [1.54, 1.807) is 4.57 Å². The highest BCUT2D eigenvalue weighted by Crippen LogP contribution is 2.17. The number of fused-ring (bicyclic) bond motifs is 1. The fraction of sp³-hybridized carbons (Fsp3) is 0.462. The van der Waals surface area contributed by atoms with E-state index in [0.717, 1.165) is 30.6 Å². The number of piperidine rings is 1. The summed E-state index contributed by atoms with van der Waals surface area (Å²) in [5.41, 5.74) is -0.953. The number of rotatable bonds is 1. The van der Waals surface area contributed by atoms with Crippen LogP contribution in [0.4, 0.5) is 0 Å². The lowest BCUT2D eigenvalue weighted by Crippen LogP contribution is -2.35. The molecule has 0 spiro atoms. The zero-order chi connectivity index (χ0) is 14.3. The maximum absolute atomic E-state index is 12.2. The molecule has 0 aliphatic carbocycles. The van der Waals surface area contributed by atoms with Crippen molar-refractivity contribution >= 4 is 10.8 Å². The Bertz CT molecular complexity index is 824. The Morgan fingerprint density at radius 1 is 1.15 bits per heavy atom. The average molecular weight is 276 g/mol.